The number of carbonyl (C=O) groups excluding carboxylic acids is 1. The molecule has 0 spiro atoms. The molecular weight excluding hydrogens is 354 g/mol. The van der Waals surface area contributed by atoms with Crippen LogP contribution in [0.4, 0.5) is 0 Å². The van der Waals surface area contributed by atoms with Crippen molar-refractivity contribution in [1.29, 1.82) is 0 Å². The van der Waals surface area contributed by atoms with Crippen molar-refractivity contribution < 1.29 is 17.9 Å². The van der Waals surface area contributed by atoms with Crippen LogP contribution in [0.3, 0.4) is 0 Å². The van der Waals surface area contributed by atoms with E-state index in [0.717, 1.165) is 4.31 Å². The quantitative estimate of drug-likeness (QED) is 0.709. The minimum absolute atomic E-state index is 0.0185. The summed E-state index contributed by atoms with van der Waals surface area (Å²) in [4.78, 5) is 12.1. The summed E-state index contributed by atoms with van der Waals surface area (Å²) in [6.07, 6.45) is 0.541. The van der Waals surface area contributed by atoms with Crippen LogP contribution in [-0.4, -0.2) is 46.7 Å². The number of nitrogens with zero attached hydrogens (tertiary/aromatic N) is 3. The van der Waals surface area contributed by atoms with Crippen LogP contribution in [0.1, 0.15) is 46.7 Å². The van der Waals surface area contributed by atoms with Crippen molar-refractivity contribution in [3.8, 4) is 0 Å². The number of carbonyl (C=O) groups is 1. The highest BCUT2D eigenvalue weighted by molar-refractivity contribution is 7.89. The molecule has 0 N–H and O–H groups in total. The molecule has 0 aliphatic rings. The molecule has 0 bridgehead atoms. The Hall–Kier alpha value is -1.12. The molecule has 1 heterocycles. The normalized spacial score (nSPS) is 14.0. The van der Waals surface area contributed by atoms with Gasteiger partial charge in [0.15, 0.2) is 0 Å². The Labute approximate surface area is 149 Å². The Morgan fingerprint density at radius 3 is 2.33 bits per heavy atom. The lowest BCUT2D eigenvalue weighted by molar-refractivity contribution is -0.155. The number of hydrogen-bond donors (Lipinski definition) is 0. The van der Waals surface area contributed by atoms with Crippen molar-refractivity contribution in [2.24, 2.45) is 7.05 Å². The van der Waals surface area contributed by atoms with Crippen LogP contribution in [0, 0.1) is 6.92 Å². The van der Waals surface area contributed by atoms with E-state index in [9.17, 15) is 13.2 Å². The first-order valence-corrected chi connectivity index (χ1v) is 9.55. The van der Waals surface area contributed by atoms with Crippen LogP contribution >= 0.6 is 11.6 Å². The second kappa shape index (κ2) is 7.41. The zero-order valence-corrected chi connectivity index (χ0v) is 16.8. The lowest BCUT2D eigenvalue weighted by Gasteiger charge is -2.28. The molecule has 1 atom stereocenters. The number of hydrogen-bond acceptors (Lipinski definition) is 5. The van der Waals surface area contributed by atoms with Crippen LogP contribution < -0.4 is 0 Å². The highest BCUT2D eigenvalue weighted by Gasteiger charge is 2.36. The summed E-state index contributed by atoms with van der Waals surface area (Å²) >= 11 is 6.11. The molecule has 0 saturated heterocycles. The maximum Gasteiger partial charge on any atom is 0.321 e. The fourth-order valence-corrected chi connectivity index (χ4v) is 4.56. The number of halogens is 1. The van der Waals surface area contributed by atoms with Crippen LogP contribution in [0.15, 0.2) is 4.90 Å². The number of aromatic nitrogens is 2. The first-order valence-electron chi connectivity index (χ1n) is 7.74. The van der Waals surface area contributed by atoms with Gasteiger partial charge in [-0.15, -0.1) is 0 Å². The summed E-state index contributed by atoms with van der Waals surface area (Å²) in [6.45, 7) is 9.97. The molecule has 0 aliphatic carbocycles. The Bertz CT molecular complexity index is 707. The van der Waals surface area contributed by atoms with Crippen molar-refractivity contribution in [3.63, 3.8) is 0 Å². The van der Waals surface area contributed by atoms with Crippen molar-refractivity contribution in [3.05, 3.63) is 10.8 Å². The van der Waals surface area contributed by atoms with E-state index in [2.05, 4.69) is 5.10 Å². The van der Waals surface area contributed by atoms with Crippen molar-refractivity contribution in [2.45, 2.75) is 64.5 Å². The van der Waals surface area contributed by atoms with Crippen LogP contribution in [0.2, 0.25) is 5.15 Å². The summed E-state index contributed by atoms with van der Waals surface area (Å²) in [7, 11) is -2.42. The Morgan fingerprint density at radius 1 is 1.42 bits per heavy atom. The lowest BCUT2D eigenvalue weighted by atomic mass is 10.2. The van der Waals surface area contributed by atoms with Crippen molar-refractivity contribution in [1.82, 2.24) is 14.1 Å². The number of ether oxygens (including phenoxy) is 1. The van der Waals surface area contributed by atoms with E-state index < -0.39 is 27.6 Å². The second-order valence-corrected chi connectivity index (χ2v) is 8.91. The van der Waals surface area contributed by atoms with E-state index in [1.807, 2.05) is 6.92 Å². The molecule has 1 unspecified atom stereocenters. The number of rotatable bonds is 6. The van der Waals surface area contributed by atoms with E-state index in [1.54, 1.807) is 41.7 Å². The fraction of sp³-hybridized carbons (Fsp3) is 0.733. The third-order valence-corrected chi connectivity index (χ3v) is 6.11. The third kappa shape index (κ3) is 4.70. The highest BCUT2D eigenvalue weighted by atomic mass is 35.5. The van der Waals surface area contributed by atoms with E-state index in [1.165, 1.54) is 4.68 Å². The van der Waals surface area contributed by atoms with Gasteiger partial charge in [0, 0.05) is 13.1 Å². The minimum Gasteiger partial charge on any atom is -0.459 e. The first-order chi connectivity index (χ1) is 10.8. The van der Waals surface area contributed by atoms with Gasteiger partial charge in [0.2, 0.25) is 10.0 Å². The molecule has 0 aliphatic heterocycles. The predicted molar refractivity (Wildman–Crippen MR) is 92.4 cm³/mol. The average molecular weight is 380 g/mol. The smallest absolute Gasteiger partial charge is 0.321 e. The molecular formula is C15H26ClN3O4S. The monoisotopic (exact) mass is 379 g/mol. The topological polar surface area (TPSA) is 81.5 Å². The second-order valence-electron chi connectivity index (χ2n) is 6.72. The summed E-state index contributed by atoms with van der Waals surface area (Å²) < 4.78 is 33.8. The van der Waals surface area contributed by atoms with Crippen LogP contribution in [0.25, 0.3) is 0 Å². The molecule has 1 rings (SSSR count). The van der Waals surface area contributed by atoms with Crippen LogP contribution in [0.5, 0.6) is 0 Å². The van der Waals surface area contributed by atoms with E-state index >= 15 is 0 Å². The van der Waals surface area contributed by atoms with Crippen molar-refractivity contribution >= 4 is 27.6 Å². The molecule has 7 nitrogen and oxygen atoms in total. The van der Waals surface area contributed by atoms with Gasteiger partial charge in [-0.2, -0.15) is 9.40 Å². The average Bonchev–Trinajstić information content (AvgIpc) is 2.66. The molecule has 0 radical (unpaired) electrons. The van der Waals surface area contributed by atoms with Gasteiger partial charge in [-0.25, -0.2) is 8.42 Å². The largest absolute Gasteiger partial charge is 0.459 e. The maximum absolute atomic E-state index is 13.1. The molecule has 138 valence electrons. The van der Waals surface area contributed by atoms with E-state index in [4.69, 9.17) is 16.3 Å². The SMILES string of the molecule is CCC(C)N(CC(=O)OC(C)(C)C)S(=O)(=O)c1c(C)nn(C)c1Cl. The molecule has 24 heavy (non-hydrogen) atoms. The predicted octanol–water partition coefficient (Wildman–Crippen LogP) is 2.51. The van der Waals surface area contributed by atoms with Gasteiger partial charge in [-0.1, -0.05) is 18.5 Å². The Kier molecular flexibility index (Phi) is 6.46. The van der Waals surface area contributed by atoms with Gasteiger partial charge in [0.25, 0.3) is 0 Å². The highest BCUT2D eigenvalue weighted by Crippen LogP contribution is 2.29. The summed E-state index contributed by atoms with van der Waals surface area (Å²) in [5.74, 6) is -0.607. The zero-order valence-electron chi connectivity index (χ0n) is 15.3. The van der Waals surface area contributed by atoms with E-state index in [0.29, 0.717) is 12.1 Å². The molecule has 9 heteroatoms. The lowest BCUT2D eigenvalue weighted by Crippen LogP contribution is -2.43. The zero-order chi connectivity index (χ0) is 18.9. The minimum atomic E-state index is -3.99. The molecule has 0 saturated carbocycles. The fourth-order valence-electron chi connectivity index (χ4n) is 2.20. The first kappa shape index (κ1) is 20.9. The van der Waals surface area contributed by atoms with Gasteiger partial charge in [-0.3, -0.25) is 9.48 Å². The molecule has 0 aromatic carbocycles. The molecule has 1 aromatic rings. The van der Waals surface area contributed by atoms with Crippen molar-refractivity contribution in [2.75, 3.05) is 6.54 Å². The van der Waals surface area contributed by atoms with Gasteiger partial charge in [-0.05, 0) is 41.0 Å². The third-order valence-electron chi connectivity index (χ3n) is 3.45. The maximum atomic E-state index is 13.1. The van der Waals surface area contributed by atoms with Gasteiger partial charge >= 0.3 is 5.97 Å². The summed E-state index contributed by atoms with van der Waals surface area (Å²) in [5.41, 5.74) is -0.399. The summed E-state index contributed by atoms with van der Waals surface area (Å²) in [6, 6.07) is -0.391. The van der Waals surface area contributed by atoms with Gasteiger partial charge in [0.05, 0.1) is 5.69 Å². The Morgan fingerprint density at radius 2 is 1.96 bits per heavy atom. The standard InChI is InChI=1S/C15H26ClN3O4S/c1-8-10(2)19(9-12(20)23-15(4,5)6)24(21,22)13-11(3)17-18(7)14(13)16/h10H,8-9H2,1-7H3. The number of aryl methyl sites for hydroxylation is 2. The number of esters is 1. The Balaban J connectivity index is 3.27. The summed E-state index contributed by atoms with van der Waals surface area (Å²) in [5, 5.41) is 4.06. The molecule has 0 amide bonds. The molecule has 1 aromatic heterocycles. The van der Waals surface area contributed by atoms with Gasteiger partial charge < -0.3 is 4.74 Å². The molecule has 0 fully saturated rings. The van der Waals surface area contributed by atoms with Crippen LogP contribution in [-0.2, 0) is 26.6 Å². The number of sulfonamides is 1. The van der Waals surface area contributed by atoms with E-state index in [-0.39, 0.29) is 16.6 Å². The van der Waals surface area contributed by atoms with Gasteiger partial charge in [0.1, 0.15) is 22.2 Å².